The molecule has 0 aromatic rings. The normalized spacial score (nSPS) is 34.4. The Morgan fingerprint density at radius 1 is 0.750 bits per heavy atom. The smallest absolute Gasteiger partial charge is 0.162 e. The lowest BCUT2D eigenvalue weighted by Gasteiger charge is -2.39. The van der Waals surface area contributed by atoms with Gasteiger partial charge in [-0.3, -0.25) is 0 Å². The Morgan fingerprint density at radius 2 is 1.10 bits per heavy atom. The Labute approximate surface area is 127 Å². The molecule has 2 fully saturated rings. The minimum atomic E-state index is -0.366. The van der Waals surface area contributed by atoms with Crippen molar-refractivity contribution in [1.29, 1.82) is 0 Å². The Balaban J connectivity index is 0.000000327. The van der Waals surface area contributed by atoms with Crippen LogP contribution in [0.3, 0.4) is 0 Å². The fraction of sp³-hybridized carbons (Fsp3) is 1.00. The van der Waals surface area contributed by atoms with Gasteiger partial charge in [-0.25, -0.2) is 0 Å². The van der Waals surface area contributed by atoms with Crippen LogP contribution in [0.1, 0.15) is 75.2 Å². The van der Waals surface area contributed by atoms with Crippen LogP contribution in [0.5, 0.6) is 0 Å². The van der Waals surface area contributed by atoms with E-state index in [0.717, 1.165) is 31.0 Å². The van der Waals surface area contributed by atoms with Crippen LogP contribution in [0.25, 0.3) is 0 Å². The molecule has 0 spiro atoms. The largest absolute Gasteiger partial charge is 0.350 e. The van der Waals surface area contributed by atoms with E-state index in [9.17, 15) is 0 Å². The van der Waals surface area contributed by atoms with E-state index in [1.54, 1.807) is 0 Å². The molecule has 20 heavy (non-hydrogen) atoms. The molecule has 2 aliphatic rings. The van der Waals surface area contributed by atoms with Crippen molar-refractivity contribution in [1.82, 2.24) is 0 Å². The SMILES string of the molecule is CC.CC1(C)COC(C)(C)OC1.CC1CC[C@H](C)C1C. The quantitative estimate of drug-likeness (QED) is 0.584. The van der Waals surface area contributed by atoms with Crippen molar-refractivity contribution in [3.8, 4) is 0 Å². The average molecular weight is 286 g/mol. The van der Waals surface area contributed by atoms with E-state index in [4.69, 9.17) is 9.47 Å². The summed E-state index contributed by atoms with van der Waals surface area (Å²) in [6.07, 6.45) is 2.92. The van der Waals surface area contributed by atoms with Crippen LogP contribution < -0.4 is 0 Å². The van der Waals surface area contributed by atoms with E-state index in [1.807, 2.05) is 27.7 Å². The van der Waals surface area contributed by atoms with Gasteiger partial charge in [-0.05, 0) is 31.6 Å². The number of ether oxygens (including phenoxy) is 2. The molecular formula is C18H38O2. The first-order chi connectivity index (χ1) is 9.13. The van der Waals surface area contributed by atoms with Crippen LogP contribution >= 0.6 is 0 Å². The van der Waals surface area contributed by atoms with Gasteiger partial charge in [0.1, 0.15) is 0 Å². The van der Waals surface area contributed by atoms with Crippen LogP contribution in [0, 0.1) is 23.2 Å². The molecule has 1 saturated heterocycles. The molecule has 2 unspecified atom stereocenters. The zero-order chi connectivity index (χ0) is 16.0. The summed E-state index contributed by atoms with van der Waals surface area (Å²) in [5, 5.41) is 0. The zero-order valence-corrected chi connectivity index (χ0v) is 15.4. The summed E-state index contributed by atoms with van der Waals surface area (Å²) in [5.41, 5.74) is 0.190. The molecule has 2 rings (SSSR count). The summed E-state index contributed by atoms with van der Waals surface area (Å²) in [7, 11) is 0. The Morgan fingerprint density at radius 3 is 1.30 bits per heavy atom. The Kier molecular flexibility index (Phi) is 8.35. The molecule has 3 atom stereocenters. The summed E-state index contributed by atoms with van der Waals surface area (Å²) < 4.78 is 10.9. The summed E-state index contributed by atoms with van der Waals surface area (Å²) >= 11 is 0. The minimum absolute atomic E-state index is 0.190. The highest BCUT2D eigenvalue weighted by Crippen LogP contribution is 2.35. The zero-order valence-electron chi connectivity index (χ0n) is 15.4. The monoisotopic (exact) mass is 286 g/mol. The van der Waals surface area contributed by atoms with E-state index < -0.39 is 0 Å². The summed E-state index contributed by atoms with van der Waals surface area (Å²) in [4.78, 5) is 0. The molecular weight excluding hydrogens is 248 g/mol. The molecule has 1 aliphatic carbocycles. The predicted octanol–water partition coefficient (Wildman–Crippen LogP) is 5.51. The second-order valence-corrected chi connectivity index (χ2v) is 7.53. The first-order valence-electron chi connectivity index (χ1n) is 8.41. The summed E-state index contributed by atoms with van der Waals surface area (Å²) in [5.74, 6) is 2.60. The van der Waals surface area contributed by atoms with E-state index in [0.29, 0.717) is 0 Å². The van der Waals surface area contributed by atoms with Gasteiger partial charge in [-0.1, -0.05) is 61.3 Å². The van der Waals surface area contributed by atoms with Gasteiger partial charge in [0.05, 0.1) is 13.2 Å². The van der Waals surface area contributed by atoms with E-state index >= 15 is 0 Å². The van der Waals surface area contributed by atoms with Crippen molar-refractivity contribution in [2.75, 3.05) is 13.2 Å². The molecule has 122 valence electrons. The third-order valence-electron chi connectivity index (χ3n) is 4.49. The predicted molar refractivity (Wildman–Crippen MR) is 87.8 cm³/mol. The standard InChI is InChI=1S/C8H16O2.C8H16.C2H6/c1-7(2)5-9-8(3,4)10-6-7;1-6-4-5-7(2)8(6)3;1-2/h5-6H2,1-4H3;6-8H,4-5H2,1-3H3;1-2H3/t;6-,7?,8?;/m.0./s1. The Bertz CT molecular complexity index is 220. The molecule has 0 aromatic carbocycles. The fourth-order valence-corrected chi connectivity index (χ4v) is 2.43. The van der Waals surface area contributed by atoms with Gasteiger partial charge in [0.25, 0.3) is 0 Å². The highest BCUT2D eigenvalue weighted by molar-refractivity contribution is 4.76. The van der Waals surface area contributed by atoms with Crippen molar-refractivity contribution in [3.63, 3.8) is 0 Å². The molecule has 2 nitrogen and oxygen atoms in total. The fourth-order valence-electron chi connectivity index (χ4n) is 2.43. The van der Waals surface area contributed by atoms with Gasteiger partial charge < -0.3 is 9.47 Å². The minimum Gasteiger partial charge on any atom is -0.350 e. The van der Waals surface area contributed by atoms with Crippen molar-refractivity contribution in [3.05, 3.63) is 0 Å². The van der Waals surface area contributed by atoms with Gasteiger partial charge in [-0.15, -0.1) is 0 Å². The number of hydrogen-bond acceptors (Lipinski definition) is 2. The average Bonchev–Trinajstić information content (AvgIpc) is 2.68. The van der Waals surface area contributed by atoms with Crippen molar-refractivity contribution >= 4 is 0 Å². The van der Waals surface area contributed by atoms with Gasteiger partial charge in [0.15, 0.2) is 5.79 Å². The number of hydrogen-bond donors (Lipinski definition) is 0. The molecule has 0 N–H and O–H groups in total. The summed E-state index contributed by atoms with van der Waals surface area (Å²) in [6, 6.07) is 0. The van der Waals surface area contributed by atoms with Crippen LogP contribution in [0.2, 0.25) is 0 Å². The van der Waals surface area contributed by atoms with Crippen LogP contribution in [-0.2, 0) is 9.47 Å². The van der Waals surface area contributed by atoms with Crippen LogP contribution in [-0.4, -0.2) is 19.0 Å². The lowest BCUT2D eigenvalue weighted by molar-refractivity contribution is -0.279. The van der Waals surface area contributed by atoms with Crippen LogP contribution in [0.15, 0.2) is 0 Å². The second kappa shape index (κ2) is 8.38. The molecule has 0 amide bonds. The van der Waals surface area contributed by atoms with E-state index in [-0.39, 0.29) is 11.2 Å². The topological polar surface area (TPSA) is 18.5 Å². The first-order valence-corrected chi connectivity index (χ1v) is 8.41. The summed E-state index contributed by atoms with van der Waals surface area (Å²) in [6.45, 7) is 20.9. The van der Waals surface area contributed by atoms with Crippen molar-refractivity contribution in [2.45, 2.75) is 80.9 Å². The molecule has 0 radical (unpaired) electrons. The third kappa shape index (κ3) is 7.08. The van der Waals surface area contributed by atoms with Gasteiger partial charge in [0, 0.05) is 5.41 Å². The van der Waals surface area contributed by atoms with E-state index in [1.165, 1.54) is 12.8 Å². The van der Waals surface area contributed by atoms with Crippen molar-refractivity contribution in [2.24, 2.45) is 23.2 Å². The third-order valence-corrected chi connectivity index (χ3v) is 4.49. The lowest BCUT2D eigenvalue weighted by atomic mass is 9.94. The first kappa shape index (κ1) is 19.9. The molecule has 0 bridgehead atoms. The molecule has 0 aromatic heterocycles. The highest BCUT2D eigenvalue weighted by atomic mass is 16.7. The lowest BCUT2D eigenvalue weighted by Crippen LogP contribution is -2.43. The van der Waals surface area contributed by atoms with Crippen molar-refractivity contribution < 1.29 is 9.47 Å². The molecule has 1 saturated carbocycles. The van der Waals surface area contributed by atoms with Gasteiger partial charge in [-0.2, -0.15) is 0 Å². The maximum Gasteiger partial charge on any atom is 0.162 e. The van der Waals surface area contributed by atoms with Gasteiger partial charge in [0.2, 0.25) is 0 Å². The van der Waals surface area contributed by atoms with Crippen LogP contribution in [0.4, 0.5) is 0 Å². The van der Waals surface area contributed by atoms with E-state index in [2.05, 4.69) is 34.6 Å². The number of rotatable bonds is 0. The van der Waals surface area contributed by atoms with Gasteiger partial charge >= 0.3 is 0 Å². The maximum atomic E-state index is 5.46. The molecule has 2 heteroatoms. The molecule has 1 aliphatic heterocycles. The highest BCUT2D eigenvalue weighted by Gasteiger charge is 2.32. The maximum absolute atomic E-state index is 5.46. The Hall–Kier alpha value is -0.0800. The second-order valence-electron chi connectivity index (χ2n) is 7.53. The molecule has 1 heterocycles.